The van der Waals surface area contributed by atoms with Gasteiger partial charge in [-0.2, -0.15) is 5.26 Å². The first-order valence-corrected chi connectivity index (χ1v) is 8.78. The molecule has 1 saturated heterocycles. The Morgan fingerprint density at radius 1 is 1.36 bits per heavy atom. The smallest absolute Gasteiger partial charge is 0.312 e. The van der Waals surface area contributed by atoms with Gasteiger partial charge in [0.2, 0.25) is 5.91 Å². The van der Waals surface area contributed by atoms with Crippen molar-refractivity contribution in [2.24, 2.45) is 5.92 Å². The van der Waals surface area contributed by atoms with Crippen LogP contribution in [0.1, 0.15) is 24.7 Å². The molecule has 1 aliphatic rings. The summed E-state index contributed by atoms with van der Waals surface area (Å²) < 4.78 is 10.5. The highest BCUT2D eigenvalue weighted by Gasteiger charge is 2.37. The van der Waals surface area contributed by atoms with Crippen LogP contribution in [0.2, 0.25) is 0 Å². The van der Waals surface area contributed by atoms with Gasteiger partial charge in [0.15, 0.2) is 6.10 Å². The molecule has 144 valence electrons. The van der Waals surface area contributed by atoms with E-state index in [0.717, 1.165) is 0 Å². The molecule has 8 nitrogen and oxygen atoms in total. The molecule has 0 saturated carbocycles. The third kappa shape index (κ3) is 4.38. The number of ether oxygens (including phenoxy) is 1. The minimum Gasteiger partial charge on any atom is -0.467 e. The number of anilines is 1. The minimum absolute atomic E-state index is 0.0329. The monoisotopic (exact) mass is 381 g/mol. The molecule has 1 aromatic heterocycles. The van der Waals surface area contributed by atoms with Crippen LogP contribution in [0.25, 0.3) is 0 Å². The number of nitrogens with zero attached hydrogens (tertiary/aromatic N) is 2. The highest BCUT2D eigenvalue weighted by molar-refractivity contribution is 5.96. The number of para-hydroxylation sites is 1. The molecular formula is C20H19N3O5. The summed E-state index contributed by atoms with van der Waals surface area (Å²) in [4.78, 5) is 38.3. The molecule has 0 radical (unpaired) electrons. The normalized spacial score (nSPS) is 17.1. The van der Waals surface area contributed by atoms with Gasteiger partial charge in [-0.05, 0) is 31.2 Å². The molecular weight excluding hydrogens is 362 g/mol. The molecule has 0 aliphatic carbocycles. The molecule has 1 N–H and O–H groups in total. The highest BCUT2D eigenvalue weighted by Crippen LogP contribution is 2.22. The van der Waals surface area contributed by atoms with E-state index >= 15 is 0 Å². The first-order valence-electron chi connectivity index (χ1n) is 8.78. The number of amides is 2. The average molecular weight is 381 g/mol. The number of benzene rings is 1. The second kappa shape index (κ2) is 8.39. The van der Waals surface area contributed by atoms with Gasteiger partial charge in [-0.1, -0.05) is 12.1 Å². The molecule has 2 heterocycles. The molecule has 8 heteroatoms. The van der Waals surface area contributed by atoms with E-state index in [2.05, 4.69) is 5.32 Å². The Labute approximate surface area is 161 Å². The van der Waals surface area contributed by atoms with Crippen molar-refractivity contribution in [2.45, 2.75) is 26.0 Å². The highest BCUT2D eigenvalue weighted by atomic mass is 16.5. The summed E-state index contributed by atoms with van der Waals surface area (Å²) in [6.07, 6.45) is 0.492. The lowest BCUT2D eigenvalue weighted by Gasteiger charge is -2.17. The van der Waals surface area contributed by atoms with Crippen molar-refractivity contribution in [1.29, 1.82) is 5.26 Å². The molecule has 2 atom stereocenters. The van der Waals surface area contributed by atoms with Crippen LogP contribution < -0.4 is 5.32 Å². The Kier molecular flexibility index (Phi) is 5.75. The van der Waals surface area contributed by atoms with Crippen molar-refractivity contribution in [3.63, 3.8) is 0 Å². The van der Waals surface area contributed by atoms with Crippen LogP contribution in [-0.2, 0) is 25.7 Å². The summed E-state index contributed by atoms with van der Waals surface area (Å²) in [5.41, 5.74) is 0.655. The van der Waals surface area contributed by atoms with E-state index in [1.54, 1.807) is 36.4 Å². The molecule has 2 amide bonds. The quantitative estimate of drug-likeness (QED) is 0.767. The number of nitrogens with one attached hydrogen (secondary N) is 1. The van der Waals surface area contributed by atoms with Crippen LogP contribution in [0.5, 0.6) is 0 Å². The van der Waals surface area contributed by atoms with E-state index in [-0.39, 0.29) is 25.4 Å². The molecule has 0 spiro atoms. The second-order valence-electron chi connectivity index (χ2n) is 6.48. The molecule has 3 rings (SSSR count). The zero-order chi connectivity index (χ0) is 20.1. The standard InChI is InChI=1S/C20H19N3O5/c1-13(19(25)22-17-7-3-2-5-14(17)10-21)28-20(26)15-9-18(24)23(11-15)12-16-6-4-8-27-16/h2-8,13,15H,9,11-12H2,1H3,(H,22,25)/t13-,15+/m1/s1. The van der Waals surface area contributed by atoms with E-state index in [4.69, 9.17) is 14.4 Å². The molecule has 28 heavy (non-hydrogen) atoms. The second-order valence-corrected chi connectivity index (χ2v) is 6.48. The number of esters is 1. The fraction of sp³-hybridized carbons (Fsp3) is 0.300. The van der Waals surface area contributed by atoms with Gasteiger partial charge in [0.05, 0.1) is 30.0 Å². The fourth-order valence-corrected chi connectivity index (χ4v) is 2.92. The van der Waals surface area contributed by atoms with Crippen LogP contribution in [0.3, 0.4) is 0 Å². The SMILES string of the molecule is C[C@@H](OC(=O)[C@H]1CC(=O)N(Cc2ccco2)C1)C(=O)Nc1ccccc1C#N. The van der Waals surface area contributed by atoms with Crippen molar-refractivity contribution < 1.29 is 23.5 Å². The molecule has 2 aromatic rings. The third-order valence-corrected chi connectivity index (χ3v) is 4.44. The van der Waals surface area contributed by atoms with Crippen LogP contribution in [-0.4, -0.2) is 35.3 Å². The summed E-state index contributed by atoms with van der Waals surface area (Å²) in [5, 5.41) is 11.6. The van der Waals surface area contributed by atoms with Gasteiger partial charge < -0.3 is 19.4 Å². The van der Waals surface area contributed by atoms with Gasteiger partial charge in [-0.15, -0.1) is 0 Å². The summed E-state index contributed by atoms with van der Waals surface area (Å²) >= 11 is 0. The zero-order valence-electron chi connectivity index (χ0n) is 15.3. The van der Waals surface area contributed by atoms with E-state index in [0.29, 0.717) is 17.0 Å². The van der Waals surface area contributed by atoms with Crippen molar-refractivity contribution in [1.82, 2.24) is 4.90 Å². The molecule has 0 bridgehead atoms. The largest absolute Gasteiger partial charge is 0.467 e. The molecule has 1 fully saturated rings. The number of nitriles is 1. The van der Waals surface area contributed by atoms with Gasteiger partial charge in [-0.3, -0.25) is 14.4 Å². The van der Waals surface area contributed by atoms with Crippen LogP contribution in [0, 0.1) is 17.2 Å². The maximum atomic E-state index is 12.4. The van der Waals surface area contributed by atoms with E-state index in [9.17, 15) is 14.4 Å². The molecule has 1 aliphatic heterocycles. The van der Waals surface area contributed by atoms with E-state index in [1.165, 1.54) is 18.1 Å². The average Bonchev–Trinajstić information content (AvgIpc) is 3.32. The number of furan rings is 1. The summed E-state index contributed by atoms with van der Waals surface area (Å²) in [5.74, 6) is -1.33. The number of likely N-dealkylation sites (tertiary alicyclic amines) is 1. The van der Waals surface area contributed by atoms with Gasteiger partial charge >= 0.3 is 5.97 Å². The number of carbonyl (C=O) groups is 3. The number of carbonyl (C=O) groups excluding carboxylic acids is 3. The summed E-state index contributed by atoms with van der Waals surface area (Å²) in [6, 6.07) is 12.0. The Balaban J connectivity index is 1.54. The minimum atomic E-state index is -1.06. The van der Waals surface area contributed by atoms with Crippen molar-refractivity contribution in [3.8, 4) is 6.07 Å². The van der Waals surface area contributed by atoms with Crippen LogP contribution >= 0.6 is 0 Å². The van der Waals surface area contributed by atoms with Crippen molar-refractivity contribution in [3.05, 3.63) is 54.0 Å². The van der Waals surface area contributed by atoms with Crippen LogP contribution in [0.15, 0.2) is 47.1 Å². The van der Waals surface area contributed by atoms with Crippen molar-refractivity contribution >= 4 is 23.5 Å². The zero-order valence-corrected chi connectivity index (χ0v) is 15.3. The topological polar surface area (TPSA) is 113 Å². The number of hydrogen-bond acceptors (Lipinski definition) is 6. The van der Waals surface area contributed by atoms with Crippen LogP contribution in [0.4, 0.5) is 5.69 Å². The van der Waals surface area contributed by atoms with Gasteiger partial charge in [0, 0.05) is 13.0 Å². The summed E-state index contributed by atoms with van der Waals surface area (Å²) in [7, 11) is 0. The number of hydrogen-bond donors (Lipinski definition) is 1. The lowest BCUT2D eigenvalue weighted by atomic mass is 10.1. The number of rotatable bonds is 6. The lowest BCUT2D eigenvalue weighted by Crippen LogP contribution is -2.33. The predicted octanol–water partition coefficient (Wildman–Crippen LogP) is 2.07. The van der Waals surface area contributed by atoms with Gasteiger partial charge in [0.1, 0.15) is 11.8 Å². The maximum Gasteiger partial charge on any atom is 0.312 e. The van der Waals surface area contributed by atoms with Gasteiger partial charge in [-0.25, -0.2) is 0 Å². The predicted molar refractivity (Wildman–Crippen MR) is 97.6 cm³/mol. The first-order chi connectivity index (χ1) is 13.5. The van der Waals surface area contributed by atoms with Gasteiger partial charge in [0.25, 0.3) is 5.91 Å². The first kappa shape index (κ1) is 19.2. The van der Waals surface area contributed by atoms with Crippen molar-refractivity contribution in [2.75, 3.05) is 11.9 Å². The third-order valence-electron chi connectivity index (χ3n) is 4.44. The Bertz CT molecular complexity index is 916. The Morgan fingerprint density at radius 2 is 2.14 bits per heavy atom. The molecule has 0 unspecified atom stereocenters. The fourth-order valence-electron chi connectivity index (χ4n) is 2.92. The Hall–Kier alpha value is -3.60. The van der Waals surface area contributed by atoms with E-state index < -0.39 is 23.9 Å². The molecule has 1 aromatic carbocycles. The summed E-state index contributed by atoms with van der Waals surface area (Å²) in [6.45, 7) is 1.94. The lowest BCUT2D eigenvalue weighted by molar-refractivity contribution is -0.157. The maximum absolute atomic E-state index is 12.4. The van der Waals surface area contributed by atoms with E-state index in [1.807, 2.05) is 6.07 Å². The Morgan fingerprint density at radius 3 is 2.86 bits per heavy atom.